The van der Waals surface area contributed by atoms with E-state index < -0.39 is 17.8 Å². The summed E-state index contributed by atoms with van der Waals surface area (Å²) in [5.74, 6) is -2.21. The Kier molecular flexibility index (Phi) is 2.79. The van der Waals surface area contributed by atoms with Crippen LogP contribution >= 0.6 is 0 Å². The van der Waals surface area contributed by atoms with Crippen molar-refractivity contribution in [1.29, 1.82) is 0 Å². The Morgan fingerprint density at radius 2 is 2.00 bits per heavy atom. The molecule has 0 saturated heterocycles. The maximum absolute atomic E-state index is 12.6. The van der Waals surface area contributed by atoms with Gasteiger partial charge in [-0.25, -0.2) is 0 Å². The van der Waals surface area contributed by atoms with E-state index in [9.17, 15) is 14.7 Å². The van der Waals surface area contributed by atoms with Crippen LogP contribution in [0.5, 0.6) is 0 Å². The Morgan fingerprint density at radius 3 is 2.77 bits per heavy atom. The third kappa shape index (κ3) is 1.91. The third-order valence-electron chi connectivity index (χ3n) is 4.76. The van der Waals surface area contributed by atoms with Gasteiger partial charge in [-0.1, -0.05) is 12.2 Å². The average molecular weight is 297 g/mol. The fraction of sp³-hybridized carbons (Fsp3) is 0.312. The van der Waals surface area contributed by atoms with Crippen LogP contribution in [0.3, 0.4) is 0 Å². The second-order valence-corrected chi connectivity index (χ2v) is 6.00. The number of aromatic nitrogens is 2. The number of anilines is 1. The summed E-state index contributed by atoms with van der Waals surface area (Å²) in [5, 5.41) is 20.0. The van der Waals surface area contributed by atoms with Gasteiger partial charge in [0.15, 0.2) is 0 Å². The van der Waals surface area contributed by atoms with Gasteiger partial charge in [-0.3, -0.25) is 14.7 Å². The molecular formula is C16H15N3O3. The maximum Gasteiger partial charge on any atom is 0.307 e. The number of carbonyl (C=O) groups excluding carboxylic acids is 1. The van der Waals surface area contributed by atoms with E-state index in [-0.39, 0.29) is 17.7 Å². The van der Waals surface area contributed by atoms with Crippen LogP contribution in [0.25, 0.3) is 10.9 Å². The van der Waals surface area contributed by atoms with E-state index in [2.05, 4.69) is 15.5 Å². The zero-order valence-electron chi connectivity index (χ0n) is 11.7. The Labute approximate surface area is 126 Å². The highest BCUT2D eigenvalue weighted by molar-refractivity contribution is 5.97. The number of H-pyrrole nitrogens is 1. The van der Waals surface area contributed by atoms with Crippen molar-refractivity contribution in [2.45, 2.75) is 6.42 Å². The summed E-state index contributed by atoms with van der Waals surface area (Å²) in [6, 6.07) is 5.47. The third-order valence-corrected chi connectivity index (χ3v) is 4.76. The number of nitrogens with one attached hydrogen (secondary N) is 2. The molecule has 22 heavy (non-hydrogen) atoms. The molecule has 0 radical (unpaired) electrons. The number of hydrogen-bond donors (Lipinski definition) is 3. The highest BCUT2D eigenvalue weighted by atomic mass is 16.4. The number of carboxylic acid groups (broad SMARTS) is 1. The number of hydrogen-bond acceptors (Lipinski definition) is 3. The average Bonchev–Trinajstić information content (AvgIpc) is 3.20. The summed E-state index contributed by atoms with van der Waals surface area (Å²) < 4.78 is 0. The normalized spacial score (nSPS) is 29.1. The van der Waals surface area contributed by atoms with Gasteiger partial charge in [0, 0.05) is 11.1 Å². The number of carboxylic acids is 1. The van der Waals surface area contributed by atoms with Crippen LogP contribution in [0.1, 0.15) is 6.42 Å². The number of aromatic amines is 1. The summed E-state index contributed by atoms with van der Waals surface area (Å²) in [6.45, 7) is 0. The monoisotopic (exact) mass is 297 g/mol. The molecule has 1 aromatic carbocycles. The van der Waals surface area contributed by atoms with Gasteiger partial charge in [0.25, 0.3) is 0 Å². The zero-order valence-corrected chi connectivity index (χ0v) is 11.7. The minimum atomic E-state index is -0.888. The predicted octanol–water partition coefficient (Wildman–Crippen LogP) is 2.02. The molecule has 6 nitrogen and oxygen atoms in total. The van der Waals surface area contributed by atoms with Gasteiger partial charge in [0.2, 0.25) is 5.91 Å². The largest absolute Gasteiger partial charge is 0.481 e. The molecule has 1 saturated carbocycles. The van der Waals surface area contributed by atoms with Crippen LogP contribution in [0.2, 0.25) is 0 Å². The van der Waals surface area contributed by atoms with E-state index in [0.29, 0.717) is 5.69 Å². The highest BCUT2D eigenvalue weighted by Crippen LogP contribution is 2.48. The van der Waals surface area contributed by atoms with Crippen molar-refractivity contribution in [2.75, 3.05) is 5.32 Å². The molecule has 4 rings (SSSR count). The Balaban J connectivity index is 1.58. The van der Waals surface area contributed by atoms with Crippen LogP contribution < -0.4 is 5.32 Å². The van der Waals surface area contributed by atoms with E-state index in [4.69, 9.17) is 0 Å². The van der Waals surface area contributed by atoms with E-state index >= 15 is 0 Å². The van der Waals surface area contributed by atoms with E-state index in [1.807, 2.05) is 18.2 Å². The van der Waals surface area contributed by atoms with Crippen LogP contribution in [-0.2, 0) is 9.59 Å². The van der Waals surface area contributed by atoms with Gasteiger partial charge in [-0.2, -0.15) is 5.10 Å². The molecule has 4 atom stereocenters. The lowest BCUT2D eigenvalue weighted by Crippen LogP contribution is -2.36. The Bertz CT molecular complexity index is 795. The van der Waals surface area contributed by atoms with Crippen molar-refractivity contribution in [3.05, 3.63) is 36.5 Å². The molecule has 1 aromatic heterocycles. The zero-order chi connectivity index (χ0) is 15.3. The smallest absolute Gasteiger partial charge is 0.307 e. The molecule has 0 unspecified atom stereocenters. The van der Waals surface area contributed by atoms with Crippen LogP contribution in [0.4, 0.5) is 5.69 Å². The SMILES string of the molecule is O=C(O)[C@@H]1[C@@H](C(=O)Nc2ccc3cn[nH]c3c2)[C@H]2C=C[C@H]1C2. The summed E-state index contributed by atoms with van der Waals surface area (Å²) in [5.41, 5.74) is 1.48. The summed E-state index contributed by atoms with van der Waals surface area (Å²) in [7, 11) is 0. The minimum absolute atomic E-state index is 0.0201. The van der Waals surface area contributed by atoms with Crippen molar-refractivity contribution in [3.8, 4) is 0 Å². The first-order valence-corrected chi connectivity index (χ1v) is 7.28. The molecule has 112 valence electrons. The lowest BCUT2D eigenvalue weighted by atomic mass is 9.82. The van der Waals surface area contributed by atoms with Crippen molar-refractivity contribution in [1.82, 2.24) is 10.2 Å². The van der Waals surface area contributed by atoms with Gasteiger partial charge in [-0.05, 0) is 36.5 Å². The van der Waals surface area contributed by atoms with Gasteiger partial charge < -0.3 is 10.4 Å². The van der Waals surface area contributed by atoms with E-state index in [1.165, 1.54) is 0 Å². The highest BCUT2D eigenvalue weighted by Gasteiger charge is 2.51. The first kappa shape index (κ1) is 13.1. The van der Waals surface area contributed by atoms with Crippen LogP contribution in [0.15, 0.2) is 36.5 Å². The topological polar surface area (TPSA) is 95.1 Å². The first-order valence-electron chi connectivity index (χ1n) is 7.28. The number of rotatable bonds is 3. The van der Waals surface area contributed by atoms with Gasteiger partial charge in [-0.15, -0.1) is 0 Å². The van der Waals surface area contributed by atoms with Crippen molar-refractivity contribution < 1.29 is 14.7 Å². The number of allylic oxidation sites excluding steroid dienone is 2. The second kappa shape index (κ2) is 4.69. The molecule has 1 fully saturated rings. The maximum atomic E-state index is 12.6. The molecule has 2 aliphatic rings. The Morgan fingerprint density at radius 1 is 1.23 bits per heavy atom. The Hall–Kier alpha value is -2.63. The van der Waals surface area contributed by atoms with E-state index in [1.54, 1.807) is 18.3 Å². The van der Waals surface area contributed by atoms with Crippen LogP contribution in [-0.4, -0.2) is 27.2 Å². The van der Waals surface area contributed by atoms with Crippen LogP contribution in [0, 0.1) is 23.7 Å². The molecule has 0 aliphatic heterocycles. The van der Waals surface area contributed by atoms with E-state index in [0.717, 1.165) is 17.3 Å². The van der Waals surface area contributed by atoms with Gasteiger partial charge >= 0.3 is 5.97 Å². The van der Waals surface area contributed by atoms with Crippen molar-refractivity contribution in [3.63, 3.8) is 0 Å². The number of fused-ring (bicyclic) bond motifs is 3. The fourth-order valence-electron chi connectivity index (χ4n) is 3.76. The minimum Gasteiger partial charge on any atom is -0.481 e. The fourth-order valence-corrected chi connectivity index (χ4v) is 3.76. The van der Waals surface area contributed by atoms with Crippen molar-refractivity contribution >= 4 is 28.5 Å². The first-order chi connectivity index (χ1) is 10.6. The quantitative estimate of drug-likeness (QED) is 0.755. The summed E-state index contributed by atoms with van der Waals surface area (Å²) >= 11 is 0. The standard InChI is InChI=1S/C16H15N3O3/c20-15(13-8-1-2-9(5-8)14(13)16(21)22)18-11-4-3-10-7-17-19-12(10)6-11/h1-4,6-9,13-14H,5H2,(H,17,19)(H,18,20)(H,21,22)/t8-,9-,13-,14-/m0/s1. The number of amides is 1. The number of nitrogens with zero attached hydrogens (tertiary/aromatic N) is 1. The lowest BCUT2D eigenvalue weighted by Gasteiger charge is -2.23. The van der Waals surface area contributed by atoms with Gasteiger partial charge in [0.05, 0.1) is 23.5 Å². The molecule has 3 N–H and O–H groups in total. The second-order valence-electron chi connectivity index (χ2n) is 6.00. The van der Waals surface area contributed by atoms with Crippen molar-refractivity contribution in [2.24, 2.45) is 23.7 Å². The molecular weight excluding hydrogens is 282 g/mol. The number of carbonyl (C=O) groups is 2. The molecule has 1 heterocycles. The summed E-state index contributed by atoms with van der Waals surface area (Å²) in [6.07, 6.45) is 6.38. The molecule has 6 heteroatoms. The molecule has 2 bridgehead atoms. The molecule has 0 spiro atoms. The number of aliphatic carboxylic acids is 1. The number of benzene rings is 1. The summed E-state index contributed by atoms with van der Waals surface area (Å²) in [4.78, 5) is 24.0. The van der Waals surface area contributed by atoms with Gasteiger partial charge in [0.1, 0.15) is 0 Å². The molecule has 2 aromatic rings. The molecule has 2 aliphatic carbocycles. The predicted molar refractivity (Wildman–Crippen MR) is 80.1 cm³/mol. The lowest BCUT2D eigenvalue weighted by molar-refractivity contribution is -0.146. The molecule has 1 amide bonds.